The monoisotopic (exact) mass is 345 g/mol. The van der Waals surface area contributed by atoms with E-state index in [1.807, 2.05) is 23.1 Å². The summed E-state index contributed by atoms with van der Waals surface area (Å²) >= 11 is 0. The molecular formula is C20H31N3O2. The fourth-order valence-corrected chi connectivity index (χ4v) is 4.05. The van der Waals surface area contributed by atoms with Crippen LogP contribution >= 0.6 is 0 Å². The summed E-state index contributed by atoms with van der Waals surface area (Å²) in [6.07, 6.45) is 4.76. The summed E-state index contributed by atoms with van der Waals surface area (Å²) in [6.45, 7) is 8.43. The van der Waals surface area contributed by atoms with Crippen LogP contribution in [0.3, 0.4) is 0 Å². The van der Waals surface area contributed by atoms with Crippen molar-refractivity contribution >= 4 is 5.91 Å². The maximum atomic E-state index is 12.3. The number of hydrogen-bond donors (Lipinski definition) is 0. The molecule has 0 bridgehead atoms. The topological polar surface area (TPSA) is 45.7 Å². The highest BCUT2D eigenvalue weighted by molar-refractivity contribution is 5.77. The number of likely N-dealkylation sites (tertiary alicyclic amines) is 2. The van der Waals surface area contributed by atoms with Crippen LogP contribution in [0.5, 0.6) is 0 Å². The lowest BCUT2D eigenvalue weighted by Crippen LogP contribution is -2.72. The first kappa shape index (κ1) is 18.3. The van der Waals surface area contributed by atoms with Crippen molar-refractivity contribution in [2.24, 2.45) is 11.8 Å². The third-order valence-corrected chi connectivity index (χ3v) is 5.59. The largest absolute Gasteiger partial charge is 0.375 e. The van der Waals surface area contributed by atoms with E-state index in [4.69, 9.17) is 4.74 Å². The third kappa shape index (κ3) is 4.39. The fraction of sp³-hybridized carbons (Fsp3) is 0.700. The molecule has 0 saturated carbocycles. The van der Waals surface area contributed by atoms with Gasteiger partial charge in [-0.1, -0.05) is 19.9 Å². The number of carbonyl (C=O) groups excluding carboxylic acids is 1. The van der Waals surface area contributed by atoms with Crippen molar-refractivity contribution in [2.75, 3.05) is 33.3 Å². The first-order chi connectivity index (χ1) is 12.0. The highest BCUT2D eigenvalue weighted by atomic mass is 16.5. The van der Waals surface area contributed by atoms with Crippen LogP contribution in [-0.2, 0) is 16.1 Å². The molecule has 0 radical (unpaired) electrons. The van der Waals surface area contributed by atoms with E-state index in [1.54, 1.807) is 6.20 Å². The van der Waals surface area contributed by atoms with Gasteiger partial charge in [0.2, 0.25) is 5.91 Å². The molecule has 5 nitrogen and oxygen atoms in total. The van der Waals surface area contributed by atoms with Crippen LogP contribution in [0, 0.1) is 11.8 Å². The molecule has 25 heavy (non-hydrogen) atoms. The number of carbonyl (C=O) groups is 1. The number of likely N-dealkylation sites (N-methyl/N-ethyl adjacent to an activating group) is 1. The standard InChI is InChI=1S/C20H31N3O2/c1-16(2)10-19(24)23-14-20(15-23)11-17(7-9-22(20)3)12-25-13-18-6-4-5-8-21-18/h4-6,8,16-17H,7,9-15H2,1-3H3/t17-/m0/s1. The van der Waals surface area contributed by atoms with Crippen molar-refractivity contribution in [1.82, 2.24) is 14.8 Å². The number of ether oxygens (including phenoxy) is 1. The summed E-state index contributed by atoms with van der Waals surface area (Å²) in [6, 6.07) is 5.92. The quantitative estimate of drug-likeness (QED) is 0.795. The highest BCUT2D eigenvalue weighted by Crippen LogP contribution is 2.38. The molecule has 1 aromatic heterocycles. The molecular weight excluding hydrogens is 314 g/mol. The minimum Gasteiger partial charge on any atom is -0.375 e. The molecule has 2 aliphatic rings. The van der Waals surface area contributed by atoms with Gasteiger partial charge in [-0.05, 0) is 50.4 Å². The number of nitrogens with zero attached hydrogens (tertiary/aromatic N) is 3. The molecule has 1 amide bonds. The van der Waals surface area contributed by atoms with Gasteiger partial charge in [0.05, 0.1) is 24.4 Å². The van der Waals surface area contributed by atoms with E-state index in [2.05, 4.69) is 30.8 Å². The second kappa shape index (κ2) is 7.83. The average molecular weight is 345 g/mol. The van der Waals surface area contributed by atoms with Crippen LogP contribution in [-0.4, -0.2) is 59.5 Å². The van der Waals surface area contributed by atoms with Gasteiger partial charge < -0.3 is 9.64 Å². The van der Waals surface area contributed by atoms with Crippen molar-refractivity contribution in [1.29, 1.82) is 0 Å². The molecule has 0 aromatic carbocycles. The molecule has 1 atom stereocenters. The van der Waals surface area contributed by atoms with Crippen LogP contribution in [0.4, 0.5) is 0 Å². The van der Waals surface area contributed by atoms with Gasteiger partial charge in [-0.3, -0.25) is 14.7 Å². The van der Waals surface area contributed by atoms with Crippen molar-refractivity contribution in [3.63, 3.8) is 0 Å². The van der Waals surface area contributed by atoms with Crippen LogP contribution < -0.4 is 0 Å². The average Bonchev–Trinajstić information content (AvgIpc) is 2.54. The van der Waals surface area contributed by atoms with E-state index < -0.39 is 0 Å². The second-order valence-corrected chi connectivity index (χ2v) is 8.19. The van der Waals surface area contributed by atoms with E-state index in [0.29, 0.717) is 30.8 Å². The Morgan fingerprint density at radius 1 is 1.40 bits per heavy atom. The molecule has 5 heteroatoms. The molecule has 138 valence electrons. The molecule has 0 aliphatic carbocycles. The Hall–Kier alpha value is -1.46. The van der Waals surface area contributed by atoms with Gasteiger partial charge in [0, 0.05) is 25.7 Å². The molecule has 0 N–H and O–H groups in total. The molecule has 2 fully saturated rings. The molecule has 2 saturated heterocycles. The first-order valence-corrected chi connectivity index (χ1v) is 9.45. The maximum Gasteiger partial charge on any atom is 0.222 e. The number of piperidine rings is 1. The van der Waals surface area contributed by atoms with Gasteiger partial charge in [-0.2, -0.15) is 0 Å². The van der Waals surface area contributed by atoms with Crippen LogP contribution in [0.2, 0.25) is 0 Å². The maximum absolute atomic E-state index is 12.3. The normalized spacial score (nSPS) is 23.0. The number of hydrogen-bond acceptors (Lipinski definition) is 4. The Morgan fingerprint density at radius 3 is 2.88 bits per heavy atom. The van der Waals surface area contributed by atoms with Crippen molar-refractivity contribution in [2.45, 2.75) is 45.3 Å². The van der Waals surface area contributed by atoms with Crippen LogP contribution in [0.15, 0.2) is 24.4 Å². The molecule has 3 heterocycles. The summed E-state index contributed by atoms with van der Waals surface area (Å²) in [7, 11) is 2.20. The van der Waals surface area contributed by atoms with Gasteiger partial charge in [-0.15, -0.1) is 0 Å². The van der Waals surface area contributed by atoms with E-state index in [0.717, 1.165) is 38.4 Å². The van der Waals surface area contributed by atoms with Gasteiger partial charge in [0.25, 0.3) is 0 Å². The van der Waals surface area contributed by atoms with E-state index in [1.165, 1.54) is 6.42 Å². The highest BCUT2D eigenvalue weighted by Gasteiger charge is 2.50. The van der Waals surface area contributed by atoms with Crippen LogP contribution in [0.1, 0.15) is 38.8 Å². The Morgan fingerprint density at radius 2 is 2.20 bits per heavy atom. The van der Waals surface area contributed by atoms with Crippen molar-refractivity contribution < 1.29 is 9.53 Å². The second-order valence-electron chi connectivity index (χ2n) is 8.19. The first-order valence-electron chi connectivity index (χ1n) is 9.45. The van der Waals surface area contributed by atoms with Gasteiger partial charge in [-0.25, -0.2) is 0 Å². The predicted octanol–water partition coefficient (Wildman–Crippen LogP) is 2.57. The zero-order chi connectivity index (χ0) is 17.9. The number of aromatic nitrogens is 1. The molecule has 0 unspecified atom stereocenters. The molecule has 1 spiro atoms. The van der Waals surface area contributed by atoms with Gasteiger partial charge in [0.15, 0.2) is 0 Å². The van der Waals surface area contributed by atoms with Crippen LogP contribution in [0.25, 0.3) is 0 Å². The zero-order valence-electron chi connectivity index (χ0n) is 15.8. The lowest BCUT2D eigenvalue weighted by molar-refractivity contribution is -0.152. The smallest absolute Gasteiger partial charge is 0.222 e. The molecule has 2 aliphatic heterocycles. The third-order valence-electron chi connectivity index (χ3n) is 5.59. The minimum absolute atomic E-state index is 0.171. The summed E-state index contributed by atoms with van der Waals surface area (Å²) < 4.78 is 5.92. The lowest BCUT2D eigenvalue weighted by atomic mass is 9.75. The summed E-state index contributed by atoms with van der Waals surface area (Å²) in [5.74, 6) is 1.31. The number of amides is 1. The Bertz CT molecular complexity index is 570. The summed E-state index contributed by atoms with van der Waals surface area (Å²) in [5.41, 5.74) is 1.16. The van der Waals surface area contributed by atoms with E-state index in [9.17, 15) is 4.79 Å². The summed E-state index contributed by atoms with van der Waals surface area (Å²) in [5, 5.41) is 0. The number of pyridine rings is 1. The Balaban J connectivity index is 1.47. The Kier molecular flexibility index (Phi) is 5.74. The van der Waals surface area contributed by atoms with Crippen molar-refractivity contribution in [3.05, 3.63) is 30.1 Å². The fourth-order valence-electron chi connectivity index (χ4n) is 4.05. The molecule has 1 aromatic rings. The SMILES string of the molecule is CC(C)CC(=O)N1CC2(C[C@@H](COCc3ccccn3)CCN2C)C1. The van der Waals surface area contributed by atoms with E-state index in [-0.39, 0.29) is 5.54 Å². The minimum atomic E-state index is 0.171. The van der Waals surface area contributed by atoms with Gasteiger partial charge >= 0.3 is 0 Å². The molecule has 3 rings (SSSR count). The summed E-state index contributed by atoms with van der Waals surface area (Å²) in [4.78, 5) is 21.1. The lowest BCUT2D eigenvalue weighted by Gasteiger charge is -2.58. The van der Waals surface area contributed by atoms with Gasteiger partial charge in [0.1, 0.15) is 0 Å². The number of rotatable bonds is 6. The van der Waals surface area contributed by atoms with E-state index >= 15 is 0 Å². The van der Waals surface area contributed by atoms with Crippen molar-refractivity contribution in [3.8, 4) is 0 Å². The Labute approximate surface area is 151 Å². The predicted molar refractivity (Wildman–Crippen MR) is 98.0 cm³/mol. The zero-order valence-corrected chi connectivity index (χ0v) is 15.8.